The number of nitrogens with one attached hydrogen (secondary N) is 2. The molecule has 0 atom stereocenters. The van der Waals surface area contributed by atoms with Gasteiger partial charge in [-0.25, -0.2) is 0 Å². The Morgan fingerprint density at radius 3 is 2.61 bits per heavy atom. The summed E-state index contributed by atoms with van der Waals surface area (Å²) in [4.78, 5) is 2.52. The molecule has 4 aromatic rings. The van der Waals surface area contributed by atoms with Gasteiger partial charge in [0, 0.05) is 56.9 Å². The lowest BCUT2D eigenvalue weighted by Gasteiger charge is -2.27. The van der Waals surface area contributed by atoms with Gasteiger partial charge in [-0.15, -0.1) is 0 Å². The Morgan fingerprint density at radius 2 is 1.84 bits per heavy atom. The van der Waals surface area contributed by atoms with Crippen LogP contribution in [0.15, 0.2) is 48.8 Å². The number of nitrogens with zero attached hydrogens (tertiary/aromatic N) is 4. The van der Waals surface area contributed by atoms with Crippen molar-refractivity contribution in [3.05, 3.63) is 71.2 Å². The molecular formula is C25H28N6. The van der Waals surface area contributed by atoms with Gasteiger partial charge in [0.1, 0.15) is 0 Å². The molecule has 0 aliphatic carbocycles. The molecule has 1 aliphatic rings. The maximum absolute atomic E-state index is 4.50. The highest BCUT2D eigenvalue weighted by Crippen LogP contribution is 2.28. The summed E-state index contributed by atoms with van der Waals surface area (Å²) in [6, 6.07) is 13.4. The molecule has 5 rings (SSSR count). The summed E-state index contributed by atoms with van der Waals surface area (Å²) in [6.45, 7) is 7.65. The van der Waals surface area contributed by atoms with Crippen LogP contribution in [0.5, 0.6) is 0 Å². The van der Waals surface area contributed by atoms with E-state index in [2.05, 4.69) is 68.8 Å². The lowest BCUT2D eigenvalue weighted by molar-refractivity contribution is 0.233. The first kappa shape index (κ1) is 19.7. The van der Waals surface area contributed by atoms with Crippen molar-refractivity contribution >= 4 is 23.1 Å². The first-order valence-corrected chi connectivity index (χ1v) is 10.8. The zero-order valence-electron chi connectivity index (χ0n) is 18.1. The van der Waals surface area contributed by atoms with Gasteiger partial charge in [0.15, 0.2) is 0 Å². The van der Waals surface area contributed by atoms with E-state index < -0.39 is 0 Å². The van der Waals surface area contributed by atoms with Crippen LogP contribution in [0, 0.1) is 6.92 Å². The SMILES string of the molecule is Cc1cc(-c2ccc3[nH]nc(/C=C/c4cnn(C)c4)c3c2)ccc1CN1CCNCC1. The van der Waals surface area contributed by atoms with Crippen LogP contribution in [0.25, 0.3) is 34.2 Å². The van der Waals surface area contributed by atoms with Gasteiger partial charge in [-0.05, 0) is 53.5 Å². The number of piperazine rings is 1. The molecule has 6 heteroatoms. The normalized spacial score (nSPS) is 15.3. The second-order valence-electron chi connectivity index (χ2n) is 8.32. The van der Waals surface area contributed by atoms with Crippen molar-refractivity contribution in [1.29, 1.82) is 0 Å². The van der Waals surface area contributed by atoms with E-state index in [-0.39, 0.29) is 0 Å². The molecule has 6 nitrogen and oxygen atoms in total. The maximum atomic E-state index is 4.50. The summed E-state index contributed by atoms with van der Waals surface area (Å²) in [5.74, 6) is 0. The van der Waals surface area contributed by atoms with E-state index in [0.717, 1.165) is 54.9 Å². The second-order valence-corrected chi connectivity index (χ2v) is 8.32. The standard InChI is InChI=1S/C25H28N6/c1-18-13-20(4-5-22(18)17-31-11-9-26-10-12-31)21-6-8-25-23(14-21)24(28-29-25)7-3-19-15-27-30(2)16-19/h3-8,13-16,26H,9-12,17H2,1-2H3,(H,28,29)/b7-3+. The van der Waals surface area contributed by atoms with Crippen LogP contribution in [0.3, 0.4) is 0 Å². The Balaban J connectivity index is 1.40. The molecule has 2 aromatic heterocycles. The summed E-state index contributed by atoms with van der Waals surface area (Å²) >= 11 is 0. The lowest BCUT2D eigenvalue weighted by Crippen LogP contribution is -2.42. The zero-order chi connectivity index (χ0) is 21.2. The molecule has 158 valence electrons. The van der Waals surface area contributed by atoms with Crippen molar-refractivity contribution in [2.45, 2.75) is 13.5 Å². The predicted molar refractivity (Wildman–Crippen MR) is 127 cm³/mol. The van der Waals surface area contributed by atoms with Crippen molar-refractivity contribution in [3.63, 3.8) is 0 Å². The molecule has 1 saturated heterocycles. The smallest absolute Gasteiger partial charge is 0.0927 e. The first-order valence-electron chi connectivity index (χ1n) is 10.8. The van der Waals surface area contributed by atoms with Crippen LogP contribution < -0.4 is 5.32 Å². The van der Waals surface area contributed by atoms with Gasteiger partial charge in [-0.2, -0.15) is 10.2 Å². The largest absolute Gasteiger partial charge is 0.314 e. The average Bonchev–Trinajstić information content (AvgIpc) is 3.39. The Hall–Kier alpha value is -3.22. The van der Waals surface area contributed by atoms with Crippen LogP contribution in [-0.2, 0) is 13.6 Å². The van der Waals surface area contributed by atoms with Crippen LogP contribution in [-0.4, -0.2) is 51.1 Å². The Kier molecular flexibility index (Phi) is 5.40. The van der Waals surface area contributed by atoms with E-state index in [1.807, 2.05) is 31.6 Å². The molecule has 31 heavy (non-hydrogen) atoms. The van der Waals surface area contributed by atoms with Crippen molar-refractivity contribution in [2.75, 3.05) is 26.2 Å². The van der Waals surface area contributed by atoms with Crippen molar-refractivity contribution in [1.82, 2.24) is 30.2 Å². The summed E-state index contributed by atoms with van der Waals surface area (Å²) in [5.41, 5.74) is 8.25. The minimum atomic E-state index is 0.938. The molecule has 0 bridgehead atoms. The molecular weight excluding hydrogens is 384 g/mol. The molecule has 0 unspecified atom stereocenters. The van der Waals surface area contributed by atoms with Gasteiger partial charge in [0.05, 0.1) is 17.4 Å². The van der Waals surface area contributed by atoms with E-state index in [1.54, 1.807) is 4.68 Å². The number of rotatable bonds is 5. The summed E-state index contributed by atoms with van der Waals surface area (Å²) < 4.78 is 1.80. The average molecular weight is 413 g/mol. The topological polar surface area (TPSA) is 61.8 Å². The molecule has 0 saturated carbocycles. The Labute approximate surface area is 182 Å². The van der Waals surface area contributed by atoms with E-state index in [1.165, 1.54) is 22.3 Å². The highest BCUT2D eigenvalue weighted by molar-refractivity contribution is 5.92. The van der Waals surface area contributed by atoms with Gasteiger partial charge in [-0.3, -0.25) is 14.7 Å². The summed E-state index contributed by atoms with van der Waals surface area (Å²) in [7, 11) is 1.92. The number of hydrogen-bond acceptors (Lipinski definition) is 4. The highest BCUT2D eigenvalue weighted by atomic mass is 15.2. The summed E-state index contributed by atoms with van der Waals surface area (Å²) in [6.07, 6.45) is 7.93. The van der Waals surface area contributed by atoms with Crippen molar-refractivity contribution < 1.29 is 0 Å². The molecule has 1 fully saturated rings. The van der Waals surface area contributed by atoms with Gasteiger partial charge in [0.25, 0.3) is 0 Å². The van der Waals surface area contributed by atoms with Gasteiger partial charge in [-0.1, -0.05) is 24.3 Å². The molecule has 0 amide bonds. The number of aryl methyl sites for hydroxylation is 2. The number of fused-ring (bicyclic) bond motifs is 1. The van der Waals surface area contributed by atoms with Crippen molar-refractivity contribution in [2.24, 2.45) is 7.05 Å². The van der Waals surface area contributed by atoms with E-state index in [4.69, 9.17) is 0 Å². The maximum Gasteiger partial charge on any atom is 0.0927 e. The van der Waals surface area contributed by atoms with Gasteiger partial charge in [0.2, 0.25) is 0 Å². The minimum absolute atomic E-state index is 0.938. The quantitative estimate of drug-likeness (QED) is 0.523. The molecule has 2 N–H and O–H groups in total. The van der Waals surface area contributed by atoms with E-state index in [0.29, 0.717) is 0 Å². The number of benzene rings is 2. The fourth-order valence-corrected chi connectivity index (χ4v) is 4.21. The van der Waals surface area contributed by atoms with Gasteiger partial charge >= 0.3 is 0 Å². The van der Waals surface area contributed by atoms with Gasteiger partial charge < -0.3 is 5.32 Å². The lowest BCUT2D eigenvalue weighted by atomic mass is 9.98. The number of H-pyrrole nitrogens is 1. The monoisotopic (exact) mass is 412 g/mol. The van der Waals surface area contributed by atoms with Crippen LogP contribution in [0.4, 0.5) is 0 Å². The summed E-state index contributed by atoms with van der Waals surface area (Å²) in [5, 5.41) is 16.4. The second kappa shape index (κ2) is 8.49. The third-order valence-electron chi connectivity index (χ3n) is 6.03. The third kappa shape index (κ3) is 4.31. The first-order chi connectivity index (χ1) is 15.2. The Bertz CT molecular complexity index is 1230. The van der Waals surface area contributed by atoms with Crippen LogP contribution >= 0.6 is 0 Å². The van der Waals surface area contributed by atoms with E-state index >= 15 is 0 Å². The van der Waals surface area contributed by atoms with Crippen LogP contribution in [0.2, 0.25) is 0 Å². The number of hydrogen-bond donors (Lipinski definition) is 2. The van der Waals surface area contributed by atoms with Crippen molar-refractivity contribution in [3.8, 4) is 11.1 Å². The molecule has 1 aliphatic heterocycles. The molecule has 3 heterocycles. The van der Waals surface area contributed by atoms with E-state index in [9.17, 15) is 0 Å². The molecule has 2 aromatic carbocycles. The molecule has 0 spiro atoms. The fourth-order valence-electron chi connectivity index (χ4n) is 4.21. The number of aromatic amines is 1. The molecule has 0 radical (unpaired) electrons. The Morgan fingerprint density at radius 1 is 1.03 bits per heavy atom. The fraction of sp³-hybridized carbons (Fsp3) is 0.280. The third-order valence-corrected chi connectivity index (χ3v) is 6.03. The zero-order valence-corrected chi connectivity index (χ0v) is 18.1. The highest BCUT2D eigenvalue weighted by Gasteiger charge is 2.12. The minimum Gasteiger partial charge on any atom is -0.314 e. The predicted octanol–water partition coefficient (Wildman–Crippen LogP) is 3.85. The van der Waals surface area contributed by atoms with Crippen LogP contribution in [0.1, 0.15) is 22.4 Å². The number of aromatic nitrogens is 4.